The molecule has 3 rings (SSSR count). The number of hydrogen-bond acceptors (Lipinski definition) is 3. The summed E-state index contributed by atoms with van der Waals surface area (Å²) in [5, 5.41) is 6.37. The van der Waals surface area contributed by atoms with Crippen LogP contribution in [0.3, 0.4) is 0 Å². The van der Waals surface area contributed by atoms with Crippen LogP contribution in [0.5, 0.6) is 5.75 Å². The maximum Gasteiger partial charge on any atom is 0.244 e. The lowest BCUT2D eigenvalue weighted by Gasteiger charge is -2.09. The van der Waals surface area contributed by atoms with E-state index in [1.807, 2.05) is 54.6 Å². The second kappa shape index (κ2) is 11.8. The molecule has 0 aliphatic rings. The number of para-hydroxylation sites is 1. The quantitative estimate of drug-likeness (QED) is 0.247. The Hall–Kier alpha value is -3.14. The molecule has 30 heavy (non-hydrogen) atoms. The summed E-state index contributed by atoms with van der Waals surface area (Å²) in [6, 6.07) is 21.8. The van der Waals surface area contributed by atoms with Crippen LogP contribution in [0.1, 0.15) is 50.2 Å². The highest BCUT2D eigenvalue weighted by molar-refractivity contribution is 5.91. The summed E-state index contributed by atoms with van der Waals surface area (Å²) in [6.07, 6.45) is 7.95. The van der Waals surface area contributed by atoms with Crippen molar-refractivity contribution in [3.05, 3.63) is 77.9 Å². The molecule has 0 saturated carbocycles. The summed E-state index contributed by atoms with van der Waals surface area (Å²) in [7, 11) is 0. The highest BCUT2D eigenvalue weighted by Gasteiger charge is 2.06. The number of hydrazone groups is 1. The molecule has 0 aromatic heterocycles. The van der Waals surface area contributed by atoms with Gasteiger partial charge in [0.15, 0.2) is 0 Å². The van der Waals surface area contributed by atoms with Crippen molar-refractivity contribution < 1.29 is 9.53 Å². The van der Waals surface area contributed by atoms with Crippen molar-refractivity contribution in [2.24, 2.45) is 5.10 Å². The molecule has 0 aliphatic carbocycles. The number of rotatable bonds is 11. The number of hydrogen-bond donors (Lipinski definition) is 1. The molecule has 1 amide bonds. The van der Waals surface area contributed by atoms with Crippen molar-refractivity contribution >= 4 is 22.9 Å². The first kappa shape index (κ1) is 21.6. The lowest BCUT2D eigenvalue weighted by Crippen LogP contribution is -2.20. The zero-order valence-corrected chi connectivity index (χ0v) is 17.6. The summed E-state index contributed by atoms with van der Waals surface area (Å²) < 4.78 is 5.91. The molecule has 4 heteroatoms. The Bertz CT molecular complexity index is 976. The Balaban J connectivity index is 1.53. The summed E-state index contributed by atoms with van der Waals surface area (Å²) in [6.45, 7) is 2.91. The molecule has 0 spiro atoms. The average molecular weight is 403 g/mol. The number of nitrogens with one attached hydrogen (secondary N) is 1. The fourth-order valence-electron chi connectivity index (χ4n) is 3.44. The largest absolute Gasteiger partial charge is 0.493 e. The SMILES string of the molecule is CCCCCCCOc1ccccc1/C=N\NC(=O)Cc1cccc2ccccc12. The number of nitrogens with zero attached hydrogens (tertiary/aromatic N) is 1. The molecule has 3 aromatic rings. The number of fused-ring (bicyclic) bond motifs is 1. The van der Waals surface area contributed by atoms with E-state index in [2.05, 4.69) is 29.6 Å². The zero-order valence-electron chi connectivity index (χ0n) is 17.6. The van der Waals surface area contributed by atoms with Gasteiger partial charge in [0.05, 0.1) is 19.2 Å². The minimum Gasteiger partial charge on any atom is -0.493 e. The highest BCUT2D eigenvalue weighted by Crippen LogP contribution is 2.19. The molecule has 0 radical (unpaired) electrons. The first-order valence-corrected chi connectivity index (χ1v) is 10.8. The molecule has 0 heterocycles. The van der Waals surface area contributed by atoms with Gasteiger partial charge >= 0.3 is 0 Å². The standard InChI is InChI=1S/C26H30N2O2/c1-2-3-4-5-10-18-30-25-17-9-7-13-23(25)20-27-28-26(29)19-22-15-11-14-21-12-6-8-16-24(21)22/h6-9,11-17,20H,2-5,10,18-19H2,1H3,(H,28,29)/b27-20-. The molecule has 0 unspecified atom stereocenters. The second-order valence-corrected chi connectivity index (χ2v) is 7.41. The van der Waals surface area contributed by atoms with E-state index in [1.165, 1.54) is 25.7 Å². The third-order valence-electron chi connectivity index (χ3n) is 5.05. The van der Waals surface area contributed by atoms with E-state index in [0.29, 0.717) is 6.61 Å². The van der Waals surface area contributed by atoms with E-state index >= 15 is 0 Å². The summed E-state index contributed by atoms with van der Waals surface area (Å²) in [4.78, 5) is 12.4. The van der Waals surface area contributed by atoms with Crippen LogP contribution in [-0.4, -0.2) is 18.7 Å². The van der Waals surface area contributed by atoms with Crippen molar-refractivity contribution in [2.45, 2.75) is 45.4 Å². The van der Waals surface area contributed by atoms with Gasteiger partial charge in [0.25, 0.3) is 0 Å². The number of unbranched alkanes of at least 4 members (excludes halogenated alkanes) is 4. The van der Waals surface area contributed by atoms with Gasteiger partial charge in [0, 0.05) is 5.56 Å². The lowest BCUT2D eigenvalue weighted by molar-refractivity contribution is -0.120. The van der Waals surface area contributed by atoms with Gasteiger partial charge < -0.3 is 4.74 Å². The van der Waals surface area contributed by atoms with Gasteiger partial charge in [-0.2, -0.15) is 5.10 Å². The predicted octanol–water partition coefficient (Wildman–Crippen LogP) is 5.88. The lowest BCUT2D eigenvalue weighted by atomic mass is 10.0. The van der Waals surface area contributed by atoms with Crippen molar-refractivity contribution in [1.29, 1.82) is 0 Å². The molecular formula is C26H30N2O2. The minimum absolute atomic E-state index is 0.142. The Labute approximate surface area is 179 Å². The zero-order chi connectivity index (χ0) is 21.0. The monoisotopic (exact) mass is 402 g/mol. The average Bonchev–Trinajstić information content (AvgIpc) is 2.77. The van der Waals surface area contributed by atoms with E-state index in [0.717, 1.165) is 34.1 Å². The molecule has 1 N–H and O–H groups in total. The minimum atomic E-state index is -0.142. The van der Waals surface area contributed by atoms with Crippen molar-refractivity contribution in [3.63, 3.8) is 0 Å². The van der Waals surface area contributed by atoms with Crippen molar-refractivity contribution in [2.75, 3.05) is 6.61 Å². The summed E-state index contributed by atoms with van der Waals surface area (Å²) >= 11 is 0. The topological polar surface area (TPSA) is 50.7 Å². The van der Waals surface area contributed by atoms with Crippen LogP contribution in [0.15, 0.2) is 71.8 Å². The Morgan fingerprint density at radius 3 is 2.60 bits per heavy atom. The molecule has 0 atom stereocenters. The number of carbonyl (C=O) groups excluding carboxylic acids is 1. The Morgan fingerprint density at radius 1 is 0.933 bits per heavy atom. The third-order valence-corrected chi connectivity index (χ3v) is 5.05. The van der Waals surface area contributed by atoms with Crippen LogP contribution in [0.4, 0.5) is 0 Å². The maximum atomic E-state index is 12.4. The van der Waals surface area contributed by atoms with E-state index in [9.17, 15) is 4.79 Å². The Kier molecular flexibility index (Phi) is 8.46. The van der Waals surface area contributed by atoms with Crippen LogP contribution in [-0.2, 0) is 11.2 Å². The van der Waals surface area contributed by atoms with E-state index in [-0.39, 0.29) is 12.3 Å². The van der Waals surface area contributed by atoms with Crippen LogP contribution < -0.4 is 10.2 Å². The van der Waals surface area contributed by atoms with Crippen LogP contribution in [0.25, 0.3) is 10.8 Å². The first-order chi connectivity index (χ1) is 14.8. The molecule has 3 aromatic carbocycles. The van der Waals surface area contributed by atoms with E-state index in [4.69, 9.17) is 4.74 Å². The normalized spacial score (nSPS) is 11.1. The number of benzene rings is 3. The van der Waals surface area contributed by atoms with Gasteiger partial charge in [-0.3, -0.25) is 4.79 Å². The van der Waals surface area contributed by atoms with Gasteiger partial charge in [-0.1, -0.05) is 87.2 Å². The van der Waals surface area contributed by atoms with Crippen molar-refractivity contribution in [3.8, 4) is 5.75 Å². The molecule has 156 valence electrons. The van der Waals surface area contributed by atoms with Crippen LogP contribution in [0.2, 0.25) is 0 Å². The number of ether oxygens (including phenoxy) is 1. The van der Waals surface area contributed by atoms with Gasteiger partial charge in [0.2, 0.25) is 5.91 Å². The van der Waals surface area contributed by atoms with Gasteiger partial charge in [-0.15, -0.1) is 0 Å². The predicted molar refractivity (Wildman–Crippen MR) is 124 cm³/mol. The highest BCUT2D eigenvalue weighted by atomic mass is 16.5. The van der Waals surface area contributed by atoms with Crippen LogP contribution in [0, 0.1) is 0 Å². The fourth-order valence-corrected chi connectivity index (χ4v) is 3.44. The number of amides is 1. The van der Waals surface area contributed by atoms with Crippen LogP contribution >= 0.6 is 0 Å². The van der Waals surface area contributed by atoms with Gasteiger partial charge in [-0.25, -0.2) is 5.43 Å². The van der Waals surface area contributed by atoms with Gasteiger partial charge in [-0.05, 0) is 34.9 Å². The number of carbonyl (C=O) groups is 1. The van der Waals surface area contributed by atoms with Crippen molar-refractivity contribution in [1.82, 2.24) is 5.43 Å². The van der Waals surface area contributed by atoms with E-state index < -0.39 is 0 Å². The third kappa shape index (κ3) is 6.45. The van der Waals surface area contributed by atoms with E-state index in [1.54, 1.807) is 6.21 Å². The summed E-state index contributed by atoms with van der Waals surface area (Å²) in [5.74, 6) is 0.650. The summed E-state index contributed by atoms with van der Waals surface area (Å²) in [5.41, 5.74) is 4.49. The molecular weight excluding hydrogens is 372 g/mol. The molecule has 0 fully saturated rings. The smallest absolute Gasteiger partial charge is 0.244 e. The maximum absolute atomic E-state index is 12.4. The fraction of sp³-hybridized carbons (Fsp3) is 0.308. The first-order valence-electron chi connectivity index (χ1n) is 10.8. The molecule has 0 bridgehead atoms. The van der Waals surface area contributed by atoms with Gasteiger partial charge in [0.1, 0.15) is 5.75 Å². The molecule has 0 saturated heterocycles. The molecule has 4 nitrogen and oxygen atoms in total. The second-order valence-electron chi connectivity index (χ2n) is 7.41. The Morgan fingerprint density at radius 2 is 1.70 bits per heavy atom. The molecule has 0 aliphatic heterocycles.